The number of carboxylic acids is 1. The molecule has 1 aromatic carbocycles. The molecule has 1 N–H and O–H groups in total. The average Bonchev–Trinajstić information content (AvgIpc) is 2.33. The lowest BCUT2D eigenvalue weighted by molar-refractivity contribution is -0.136. The van der Waals surface area contributed by atoms with Crippen molar-refractivity contribution in [2.75, 3.05) is 13.7 Å². The van der Waals surface area contributed by atoms with Crippen molar-refractivity contribution in [3.63, 3.8) is 0 Å². The third kappa shape index (κ3) is 5.07. The predicted molar refractivity (Wildman–Crippen MR) is 60.7 cm³/mol. The maximum absolute atomic E-state index is 11.9. The van der Waals surface area contributed by atoms with Crippen molar-refractivity contribution >= 4 is 5.97 Å². The standard InChI is InChI=1S/C12H13F3O4/c1-18-8-3-4-9(11(16)17)10(7-8)19-6-2-5-12(13,14)15/h3-4,7H,2,5-6H2,1H3,(H,16,17). The number of rotatable bonds is 6. The molecule has 0 aromatic heterocycles. The van der Waals surface area contributed by atoms with Gasteiger partial charge in [0.25, 0.3) is 0 Å². The van der Waals surface area contributed by atoms with E-state index in [-0.39, 0.29) is 24.3 Å². The van der Waals surface area contributed by atoms with Crippen LogP contribution in [0.5, 0.6) is 11.5 Å². The Balaban J connectivity index is 2.67. The van der Waals surface area contributed by atoms with Crippen LogP contribution in [0.4, 0.5) is 13.2 Å². The molecular weight excluding hydrogens is 265 g/mol. The van der Waals surface area contributed by atoms with Gasteiger partial charge < -0.3 is 14.6 Å². The van der Waals surface area contributed by atoms with E-state index >= 15 is 0 Å². The molecule has 0 saturated heterocycles. The van der Waals surface area contributed by atoms with Crippen LogP contribution in [0.2, 0.25) is 0 Å². The molecule has 0 aliphatic heterocycles. The molecule has 0 fully saturated rings. The lowest BCUT2D eigenvalue weighted by atomic mass is 10.2. The minimum Gasteiger partial charge on any atom is -0.497 e. The van der Waals surface area contributed by atoms with Gasteiger partial charge in [0.15, 0.2) is 0 Å². The molecule has 0 unspecified atom stereocenters. The van der Waals surface area contributed by atoms with Gasteiger partial charge in [0, 0.05) is 12.5 Å². The summed E-state index contributed by atoms with van der Waals surface area (Å²) in [7, 11) is 1.39. The van der Waals surface area contributed by atoms with Crippen molar-refractivity contribution in [2.24, 2.45) is 0 Å². The molecule has 4 nitrogen and oxygen atoms in total. The summed E-state index contributed by atoms with van der Waals surface area (Å²) >= 11 is 0. The highest BCUT2D eigenvalue weighted by molar-refractivity contribution is 5.91. The molecule has 0 spiro atoms. The van der Waals surface area contributed by atoms with Gasteiger partial charge in [-0.25, -0.2) is 4.79 Å². The lowest BCUT2D eigenvalue weighted by Crippen LogP contribution is -2.11. The molecule has 0 aliphatic carbocycles. The number of benzene rings is 1. The summed E-state index contributed by atoms with van der Waals surface area (Å²) < 4.78 is 45.8. The van der Waals surface area contributed by atoms with Crippen LogP contribution in [0, 0.1) is 0 Å². The highest BCUT2D eigenvalue weighted by atomic mass is 19.4. The van der Waals surface area contributed by atoms with Crippen LogP contribution in [-0.4, -0.2) is 31.0 Å². The van der Waals surface area contributed by atoms with Crippen LogP contribution in [0.1, 0.15) is 23.2 Å². The topological polar surface area (TPSA) is 55.8 Å². The number of methoxy groups -OCH3 is 1. The third-order valence-electron chi connectivity index (χ3n) is 2.28. The fraction of sp³-hybridized carbons (Fsp3) is 0.417. The molecule has 7 heteroatoms. The molecular formula is C12H13F3O4. The smallest absolute Gasteiger partial charge is 0.389 e. The van der Waals surface area contributed by atoms with E-state index in [4.69, 9.17) is 14.6 Å². The second-order valence-electron chi connectivity index (χ2n) is 3.73. The summed E-state index contributed by atoms with van der Waals surface area (Å²) in [4.78, 5) is 10.9. The maximum atomic E-state index is 11.9. The van der Waals surface area contributed by atoms with Crippen molar-refractivity contribution < 1.29 is 32.5 Å². The molecule has 0 atom stereocenters. The van der Waals surface area contributed by atoms with E-state index in [0.717, 1.165) is 0 Å². The van der Waals surface area contributed by atoms with Crippen molar-refractivity contribution in [3.8, 4) is 11.5 Å². The number of aromatic carboxylic acids is 1. The van der Waals surface area contributed by atoms with Gasteiger partial charge in [-0.2, -0.15) is 13.2 Å². The molecule has 1 rings (SSSR count). The summed E-state index contributed by atoms with van der Waals surface area (Å²) in [6.07, 6.45) is -5.45. The second kappa shape index (κ2) is 6.31. The van der Waals surface area contributed by atoms with Crippen LogP contribution in [0.3, 0.4) is 0 Å². The molecule has 0 bridgehead atoms. The fourth-order valence-corrected chi connectivity index (χ4v) is 1.38. The third-order valence-corrected chi connectivity index (χ3v) is 2.28. The highest BCUT2D eigenvalue weighted by Crippen LogP contribution is 2.26. The number of alkyl halides is 3. The fourth-order valence-electron chi connectivity index (χ4n) is 1.38. The van der Waals surface area contributed by atoms with Crippen LogP contribution in [-0.2, 0) is 0 Å². The molecule has 0 amide bonds. The van der Waals surface area contributed by atoms with Gasteiger partial charge in [0.1, 0.15) is 17.1 Å². The van der Waals surface area contributed by atoms with Gasteiger partial charge in [-0.05, 0) is 18.6 Å². The summed E-state index contributed by atoms with van der Waals surface area (Å²) in [6, 6.07) is 4.04. The Morgan fingerprint density at radius 1 is 1.37 bits per heavy atom. The van der Waals surface area contributed by atoms with Crippen LogP contribution >= 0.6 is 0 Å². The first kappa shape index (κ1) is 15.1. The van der Waals surface area contributed by atoms with Gasteiger partial charge in [0.2, 0.25) is 0 Å². The van der Waals surface area contributed by atoms with Crippen LogP contribution in [0.15, 0.2) is 18.2 Å². The van der Waals surface area contributed by atoms with Gasteiger partial charge in [-0.1, -0.05) is 0 Å². The zero-order chi connectivity index (χ0) is 14.5. The minimum atomic E-state index is -4.24. The van der Waals surface area contributed by atoms with Crippen molar-refractivity contribution in [1.82, 2.24) is 0 Å². The first-order valence-electron chi connectivity index (χ1n) is 5.44. The summed E-state index contributed by atoms with van der Waals surface area (Å²) in [6.45, 7) is -0.215. The van der Waals surface area contributed by atoms with Crippen molar-refractivity contribution in [1.29, 1.82) is 0 Å². The van der Waals surface area contributed by atoms with E-state index in [1.165, 1.54) is 25.3 Å². The Labute approximate surface area is 107 Å². The molecule has 1 aromatic rings. The summed E-state index contributed by atoms with van der Waals surface area (Å²) in [5, 5.41) is 8.91. The van der Waals surface area contributed by atoms with Gasteiger partial charge in [0.05, 0.1) is 13.7 Å². The zero-order valence-corrected chi connectivity index (χ0v) is 10.2. The summed E-state index contributed by atoms with van der Waals surface area (Å²) in [5.41, 5.74) is -0.118. The lowest BCUT2D eigenvalue weighted by Gasteiger charge is -2.11. The number of carboxylic acid groups (broad SMARTS) is 1. The number of hydrogen-bond donors (Lipinski definition) is 1. The van der Waals surface area contributed by atoms with E-state index in [2.05, 4.69) is 0 Å². The van der Waals surface area contributed by atoms with E-state index < -0.39 is 18.6 Å². The Morgan fingerprint density at radius 2 is 2.05 bits per heavy atom. The quantitative estimate of drug-likeness (QED) is 0.812. The van der Waals surface area contributed by atoms with Crippen molar-refractivity contribution in [3.05, 3.63) is 23.8 Å². The number of halogens is 3. The molecule has 0 saturated carbocycles. The molecule has 106 valence electrons. The monoisotopic (exact) mass is 278 g/mol. The zero-order valence-electron chi connectivity index (χ0n) is 10.2. The van der Waals surface area contributed by atoms with Crippen molar-refractivity contribution in [2.45, 2.75) is 19.0 Å². The Kier molecular flexibility index (Phi) is 5.02. The van der Waals surface area contributed by atoms with E-state index in [1.807, 2.05) is 0 Å². The predicted octanol–water partition coefficient (Wildman–Crippen LogP) is 3.11. The number of hydrogen-bond acceptors (Lipinski definition) is 3. The van der Waals surface area contributed by atoms with Gasteiger partial charge in [-0.15, -0.1) is 0 Å². The molecule has 0 heterocycles. The largest absolute Gasteiger partial charge is 0.497 e. The Morgan fingerprint density at radius 3 is 2.58 bits per heavy atom. The minimum absolute atomic E-state index is 0.00553. The molecule has 0 aliphatic rings. The normalized spacial score (nSPS) is 11.2. The maximum Gasteiger partial charge on any atom is 0.389 e. The second-order valence-corrected chi connectivity index (χ2v) is 3.73. The van der Waals surface area contributed by atoms with E-state index in [1.54, 1.807) is 0 Å². The Bertz CT molecular complexity index is 443. The summed E-state index contributed by atoms with van der Waals surface area (Å²) in [5.74, 6) is -0.849. The Hall–Kier alpha value is -1.92. The molecule has 19 heavy (non-hydrogen) atoms. The van der Waals surface area contributed by atoms with Gasteiger partial charge >= 0.3 is 12.1 Å². The van der Waals surface area contributed by atoms with Gasteiger partial charge in [-0.3, -0.25) is 0 Å². The number of ether oxygens (including phenoxy) is 2. The molecule has 0 radical (unpaired) electrons. The van der Waals surface area contributed by atoms with Crippen LogP contribution < -0.4 is 9.47 Å². The SMILES string of the molecule is COc1ccc(C(=O)O)c(OCCCC(F)(F)F)c1. The first-order chi connectivity index (χ1) is 8.83. The van der Waals surface area contributed by atoms with E-state index in [9.17, 15) is 18.0 Å². The van der Waals surface area contributed by atoms with E-state index in [0.29, 0.717) is 5.75 Å². The first-order valence-corrected chi connectivity index (χ1v) is 5.44. The average molecular weight is 278 g/mol. The van der Waals surface area contributed by atoms with Crippen LogP contribution in [0.25, 0.3) is 0 Å². The highest BCUT2D eigenvalue weighted by Gasteiger charge is 2.26. The number of carbonyl (C=O) groups is 1.